The van der Waals surface area contributed by atoms with Gasteiger partial charge >= 0.3 is 0 Å². The average molecular weight is 528 g/mol. The molecule has 1 fully saturated rings. The van der Waals surface area contributed by atoms with Crippen LogP contribution in [0.4, 0.5) is 0 Å². The Morgan fingerprint density at radius 1 is 1.14 bits per heavy atom. The van der Waals surface area contributed by atoms with Crippen LogP contribution in [0.15, 0.2) is 53.4 Å². The van der Waals surface area contributed by atoms with E-state index in [1.807, 2.05) is 18.2 Å². The van der Waals surface area contributed by atoms with Crippen molar-refractivity contribution in [3.63, 3.8) is 0 Å². The quantitative estimate of drug-likeness (QED) is 0.508. The van der Waals surface area contributed by atoms with Crippen LogP contribution in [0.2, 0.25) is 0 Å². The molecule has 10 heteroatoms. The van der Waals surface area contributed by atoms with Gasteiger partial charge < -0.3 is 15.0 Å². The number of benzene rings is 2. The van der Waals surface area contributed by atoms with E-state index < -0.39 is 22.0 Å². The highest BCUT2D eigenvalue weighted by Crippen LogP contribution is 2.30. The van der Waals surface area contributed by atoms with Crippen molar-refractivity contribution in [3.8, 4) is 5.75 Å². The zero-order valence-electron chi connectivity index (χ0n) is 21.2. The normalized spacial score (nSPS) is 17.4. The second kappa shape index (κ2) is 11.3. The largest absolute Gasteiger partial charge is 0.497 e. The maximum atomic E-state index is 13.4. The SMILES string of the molecule is COc1cccc(CN(C(=O)CCCN2C(=O)c3ccccc3S2(=O)=O)C(C)C(=O)NC2CCCC2)c1. The highest BCUT2D eigenvalue weighted by atomic mass is 32.2. The van der Waals surface area contributed by atoms with Gasteiger partial charge in [-0.2, -0.15) is 0 Å². The van der Waals surface area contributed by atoms with E-state index in [0.29, 0.717) is 5.75 Å². The van der Waals surface area contributed by atoms with E-state index in [0.717, 1.165) is 35.6 Å². The van der Waals surface area contributed by atoms with Crippen molar-refractivity contribution in [2.24, 2.45) is 0 Å². The van der Waals surface area contributed by atoms with Gasteiger partial charge in [0.1, 0.15) is 16.7 Å². The molecule has 198 valence electrons. The minimum absolute atomic E-state index is 0.0109. The Hall–Kier alpha value is -3.40. The smallest absolute Gasteiger partial charge is 0.269 e. The first-order valence-corrected chi connectivity index (χ1v) is 14.0. The molecule has 0 bridgehead atoms. The lowest BCUT2D eigenvalue weighted by atomic mass is 10.1. The fourth-order valence-corrected chi connectivity index (χ4v) is 6.52. The van der Waals surface area contributed by atoms with Crippen LogP contribution in [0, 0.1) is 0 Å². The Morgan fingerprint density at radius 3 is 2.57 bits per heavy atom. The third-order valence-corrected chi connectivity index (χ3v) is 8.86. The Labute approximate surface area is 217 Å². The molecule has 1 heterocycles. The first-order valence-electron chi connectivity index (χ1n) is 12.6. The molecule has 4 rings (SSSR count). The van der Waals surface area contributed by atoms with Gasteiger partial charge in [-0.15, -0.1) is 0 Å². The van der Waals surface area contributed by atoms with Gasteiger partial charge in [0.15, 0.2) is 0 Å². The van der Waals surface area contributed by atoms with Crippen LogP contribution in [0.3, 0.4) is 0 Å². The Bertz CT molecular complexity index is 1270. The molecular weight excluding hydrogens is 494 g/mol. The van der Waals surface area contributed by atoms with Crippen LogP contribution in [-0.2, 0) is 26.2 Å². The van der Waals surface area contributed by atoms with Gasteiger partial charge in [-0.3, -0.25) is 14.4 Å². The van der Waals surface area contributed by atoms with Crippen LogP contribution in [0.25, 0.3) is 0 Å². The number of amides is 3. The van der Waals surface area contributed by atoms with E-state index in [1.54, 1.807) is 32.2 Å². The highest BCUT2D eigenvalue weighted by Gasteiger charge is 2.40. The van der Waals surface area contributed by atoms with E-state index in [2.05, 4.69) is 5.32 Å². The molecule has 2 aliphatic rings. The fraction of sp³-hybridized carbons (Fsp3) is 0.444. The summed E-state index contributed by atoms with van der Waals surface area (Å²) in [4.78, 5) is 40.6. The fourth-order valence-electron chi connectivity index (χ4n) is 4.91. The number of nitrogens with one attached hydrogen (secondary N) is 1. The molecule has 3 amide bonds. The van der Waals surface area contributed by atoms with E-state index in [1.165, 1.54) is 17.0 Å². The standard InChI is InChI=1S/C27H33N3O6S/c1-19(26(32)28-21-10-3-4-11-21)29(18-20-9-7-12-22(17-20)36-2)25(31)15-8-16-30-27(33)23-13-5-6-14-24(23)37(30,34)35/h5-7,9,12-14,17,19,21H,3-4,8,10-11,15-16,18H2,1-2H3,(H,28,32). The number of hydrogen-bond acceptors (Lipinski definition) is 6. The van der Waals surface area contributed by atoms with E-state index >= 15 is 0 Å². The molecule has 2 aromatic carbocycles. The van der Waals surface area contributed by atoms with E-state index in [4.69, 9.17) is 4.74 Å². The summed E-state index contributed by atoms with van der Waals surface area (Å²) in [6.07, 6.45) is 4.15. The lowest BCUT2D eigenvalue weighted by molar-refractivity contribution is -0.141. The number of ether oxygens (including phenoxy) is 1. The molecule has 0 aromatic heterocycles. The monoisotopic (exact) mass is 527 g/mol. The van der Waals surface area contributed by atoms with Gasteiger partial charge in [0.05, 0.1) is 12.7 Å². The summed E-state index contributed by atoms with van der Waals surface area (Å²) in [5, 5.41) is 3.06. The molecule has 9 nitrogen and oxygen atoms in total. The maximum absolute atomic E-state index is 13.4. The summed E-state index contributed by atoms with van der Waals surface area (Å²) in [6.45, 7) is 1.78. The lowest BCUT2D eigenvalue weighted by Gasteiger charge is -2.30. The van der Waals surface area contributed by atoms with Crippen molar-refractivity contribution < 1.29 is 27.5 Å². The predicted octanol–water partition coefficient (Wildman–Crippen LogP) is 3.10. The number of sulfonamides is 1. The molecule has 1 N–H and O–H groups in total. The van der Waals surface area contributed by atoms with Crippen molar-refractivity contribution in [2.45, 2.75) is 69.0 Å². The minimum Gasteiger partial charge on any atom is -0.497 e. The second-order valence-electron chi connectivity index (χ2n) is 9.52. The van der Waals surface area contributed by atoms with Crippen molar-refractivity contribution >= 4 is 27.7 Å². The van der Waals surface area contributed by atoms with Crippen LogP contribution in [-0.4, -0.2) is 61.1 Å². The number of rotatable bonds is 10. The van der Waals surface area contributed by atoms with Crippen molar-refractivity contribution in [1.29, 1.82) is 0 Å². The van der Waals surface area contributed by atoms with Crippen molar-refractivity contribution in [3.05, 3.63) is 59.7 Å². The summed E-state index contributed by atoms with van der Waals surface area (Å²) in [7, 11) is -2.37. The van der Waals surface area contributed by atoms with E-state index in [-0.39, 0.29) is 54.2 Å². The molecule has 0 radical (unpaired) electrons. The number of hydrogen-bond donors (Lipinski definition) is 1. The molecule has 2 aromatic rings. The first kappa shape index (κ1) is 26.7. The Balaban J connectivity index is 1.45. The molecule has 0 spiro atoms. The summed E-state index contributed by atoms with van der Waals surface area (Å²) < 4.78 is 31.7. The number of nitrogens with zero attached hydrogens (tertiary/aromatic N) is 2. The van der Waals surface area contributed by atoms with Gasteiger partial charge in [-0.1, -0.05) is 37.1 Å². The van der Waals surface area contributed by atoms with Gasteiger partial charge in [0, 0.05) is 25.6 Å². The molecule has 1 unspecified atom stereocenters. The Morgan fingerprint density at radius 2 is 1.86 bits per heavy atom. The van der Waals surface area contributed by atoms with Crippen LogP contribution in [0.5, 0.6) is 5.75 Å². The lowest BCUT2D eigenvalue weighted by Crippen LogP contribution is -2.49. The number of fused-ring (bicyclic) bond motifs is 1. The Kier molecular flexibility index (Phi) is 8.16. The topological polar surface area (TPSA) is 113 Å². The third kappa shape index (κ3) is 5.79. The highest BCUT2D eigenvalue weighted by molar-refractivity contribution is 7.90. The summed E-state index contributed by atoms with van der Waals surface area (Å²) in [5.41, 5.74) is 0.951. The predicted molar refractivity (Wildman–Crippen MR) is 137 cm³/mol. The molecule has 1 atom stereocenters. The zero-order chi connectivity index (χ0) is 26.6. The number of methoxy groups -OCH3 is 1. The first-order chi connectivity index (χ1) is 17.7. The number of carbonyl (C=O) groups is 3. The minimum atomic E-state index is -3.93. The molecule has 1 saturated carbocycles. The van der Waals surface area contributed by atoms with Gasteiger partial charge in [0.2, 0.25) is 11.8 Å². The molecule has 1 aliphatic carbocycles. The van der Waals surface area contributed by atoms with Crippen molar-refractivity contribution in [2.75, 3.05) is 13.7 Å². The molecular formula is C27H33N3O6S. The third-order valence-electron chi connectivity index (χ3n) is 7.02. The van der Waals surface area contributed by atoms with Crippen LogP contribution < -0.4 is 10.1 Å². The number of carbonyl (C=O) groups excluding carboxylic acids is 3. The van der Waals surface area contributed by atoms with Gasteiger partial charge in [0.25, 0.3) is 15.9 Å². The molecule has 37 heavy (non-hydrogen) atoms. The second-order valence-corrected chi connectivity index (χ2v) is 11.4. The zero-order valence-corrected chi connectivity index (χ0v) is 22.0. The van der Waals surface area contributed by atoms with Crippen LogP contribution in [0.1, 0.15) is 61.4 Å². The van der Waals surface area contributed by atoms with E-state index in [9.17, 15) is 22.8 Å². The maximum Gasteiger partial charge on any atom is 0.269 e. The summed E-state index contributed by atoms with van der Waals surface area (Å²) >= 11 is 0. The average Bonchev–Trinajstić information content (AvgIpc) is 3.47. The van der Waals surface area contributed by atoms with Gasteiger partial charge in [-0.25, -0.2) is 12.7 Å². The van der Waals surface area contributed by atoms with Gasteiger partial charge in [-0.05, 0) is 56.0 Å². The molecule has 1 aliphatic heterocycles. The van der Waals surface area contributed by atoms with Crippen LogP contribution >= 0.6 is 0 Å². The summed E-state index contributed by atoms with van der Waals surface area (Å²) in [6, 6.07) is 12.8. The summed E-state index contributed by atoms with van der Waals surface area (Å²) in [5.74, 6) is -0.444. The molecule has 0 saturated heterocycles. The van der Waals surface area contributed by atoms with Crippen molar-refractivity contribution in [1.82, 2.24) is 14.5 Å².